The van der Waals surface area contributed by atoms with Gasteiger partial charge in [-0.05, 0) is 210 Å². The van der Waals surface area contributed by atoms with Crippen molar-refractivity contribution in [3.63, 3.8) is 0 Å². The van der Waals surface area contributed by atoms with Crippen LogP contribution in [0.2, 0.25) is 0 Å². The first-order valence-corrected chi connectivity index (χ1v) is 44.5. The van der Waals surface area contributed by atoms with Gasteiger partial charge in [-0.15, -0.1) is 178 Å². The molecular weight excluding hydrogens is 2870 g/mol. The van der Waals surface area contributed by atoms with Crippen LogP contribution in [0.1, 0.15) is 134 Å². The van der Waals surface area contributed by atoms with Crippen LogP contribution in [-0.2, 0) is 149 Å². The fourth-order valence-corrected chi connectivity index (χ4v) is 14.4. The normalized spacial score (nSPS) is 11.6. The summed E-state index contributed by atoms with van der Waals surface area (Å²) in [6, 6.07) is 108. The number of benzene rings is 10. The second kappa shape index (κ2) is 68.9. The number of carbonyl (C=O) groups is 6. The first kappa shape index (κ1) is 128. The Hall–Kier alpha value is -12.2. The van der Waals surface area contributed by atoms with Crippen molar-refractivity contribution >= 4 is 122 Å². The van der Waals surface area contributed by atoms with Crippen LogP contribution in [0, 0.1) is 41.8 Å². The molecule has 0 aliphatic heterocycles. The van der Waals surface area contributed by atoms with Crippen LogP contribution in [-0.4, -0.2) is 95.2 Å². The molecule has 1 atom stereocenters. The molecule has 6 radical (unpaired) electrons. The molecule has 10 aromatic carbocycles. The van der Waals surface area contributed by atoms with Gasteiger partial charge in [-0.3, -0.25) is 38.7 Å². The number of oxazole rings is 1. The Labute approximate surface area is 916 Å². The van der Waals surface area contributed by atoms with Gasteiger partial charge in [-0.25, -0.2) is 11.3 Å². The minimum atomic E-state index is -0.125. The summed E-state index contributed by atoms with van der Waals surface area (Å²) in [5.74, 6) is 0.818. The van der Waals surface area contributed by atoms with E-state index >= 15 is 0 Å². The summed E-state index contributed by atoms with van der Waals surface area (Å²) < 4.78 is 5.61. The zero-order valence-corrected chi connectivity index (χ0v) is 96.0. The Balaban J connectivity index is 0.000000789. The van der Waals surface area contributed by atoms with E-state index in [4.69, 9.17) is 35.1 Å². The number of aliphatic hydroxyl groups excluding tert-OH is 6. The van der Waals surface area contributed by atoms with Crippen LogP contribution < -0.4 is 0 Å². The summed E-state index contributed by atoms with van der Waals surface area (Å²) >= 11 is 1.66. The number of pyridine rings is 5. The molecule has 750 valence electrons. The quantitative estimate of drug-likeness (QED) is 0.0286. The number of rotatable bonds is 12. The number of aromatic nitrogens is 6. The van der Waals surface area contributed by atoms with E-state index in [0.29, 0.717) is 17.2 Å². The number of para-hydroxylation sites is 3. The summed E-state index contributed by atoms with van der Waals surface area (Å²) in [6.07, 6.45) is 19.9. The second-order valence-electron chi connectivity index (χ2n) is 31.4. The van der Waals surface area contributed by atoms with Crippen molar-refractivity contribution in [1.29, 1.82) is 0 Å². The molecule has 17 aromatic rings. The summed E-state index contributed by atoms with van der Waals surface area (Å²) in [5.41, 5.74) is 12.7. The number of fused-ring (bicyclic) bond motifs is 9. The van der Waals surface area contributed by atoms with Crippen LogP contribution in [0.4, 0.5) is 0 Å². The molecule has 0 amide bonds. The molecule has 1 fully saturated rings. The SMILES string of the molecule is CC(=O)C=C(C)O.CC(=O)C=C(C)O.CC(=O)C=C(C)O.CC(=O)C=C(C)O.CC(=O)C=C(C)O.CC(=O)C=C(C)O.CC(c1ccnc2c1ccc1ccc[c-]c12)C1(C)CCCC1.[Ir].[Ir].[Ir].[Ir].[Ir].[Ir].[c-]1cccc2ccc3cccnc3c12.[c-]1ccccc1-c1ccc2ccccc2n1.[c-]1ccccc1-c1nc2ccccc2o1.[c-]1ccccc1-c1nccc2ccccc12.[c-]1ccsc1-c1ccccn1. The minimum absolute atomic E-state index is 0. The maximum Gasteiger partial charge on any atom is 0.155 e. The van der Waals surface area contributed by atoms with Crippen LogP contribution in [0.15, 0.2) is 373 Å². The number of allylic oxidation sites excluding steroid dienone is 12. The molecule has 6 N–H and O–H groups in total. The maximum atomic E-state index is 10.0. The van der Waals surface area contributed by atoms with Crippen molar-refractivity contribution in [3.05, 3.63) is 410 Å². The zero-order valence-electron chi connectivity index (χ0n) is 80.8. The van der Waals surface area contributed by atoms with Gasteiger partial charge < -0.3 is 55.0 Å². The third-order valence-electron chi connectivity index (χ3n) is 19.5. The van der Waals surface area contributed by atoms with E-state index in [2.05, 4.69) is 153 Å². The first-order chi connectivity index (χ1) is 65.2. The molecule has 7 heterocycles. The Morgan fingerprint density at radius 2 is 0.761 bits per heavy atom. The third-order valence-corrected chi connectivity index (χ3v) is 20.4. The minimum Gasteiger partial charge on any atom is -0.512 e. The number of thiophene rings is 1. The number of ketones is 6. The van der Waals surface area contributed by atoms with Crippen molar-refractivity contribution < 1.29 is 184 Å². The molecule has 1 unspecified atom stereocenters. The number of aliphatic hydroxyl groups is 6. The van der Waals surface area contributed by atoms with E-state index in [1.165, 1.54) is 188 Å². The Morgan fingerprint density at radius 1 is 0.345 bits per heavy atom. The van der Waals surface area contributed by atoms with E-state index in [1.54, 1.807) is 17.5 Å². The molecule has 26 heteroatoms. The van der Waals surface area contributed by atoms with Gasteiger partial charge in [0.1, 0.15) is 11.5 Å². The van der Waals surface area contributed by atoms with Crippen LogP contribution in [0.3, 0.4) is 0 Å². The molecule has 19 nitrogen and oxygen atoms in total. The van der Waals surface area contributed by atoms with E-state index in [-0.39, 0.29) is 190 Å². The molecule has 142 heavy (non-hydrogen) atoms. The Morgan fingerprint density at radius 3 is 1.24 bits per heavy atom. The van der Waals surface area contributed by atoms with Crippen molar-refractivity contribution in [3.8, 4) is 44.5 Å². The largest absolute Gasteiger partial charge is 0.512 e. The van der Waals surface area contributed by atoms with E-state index < -0.39 is 0 Å². The number of nitrogens with zero attached hydrogens (tertiary/aromatic N) is 6. The molecule has 1 aliphatic rings. The van der Waals surface area contributed by atoms with Gasteiger partial charge in [-0.1, -0.05) is 146 Å². The van der Waals surface area contributed by atoms with Gasteiger partial charge in [0.2, 0.25) is 0 Å². The molecular formula is C116H112Ir6N6O13S-6. The molecule has 0 spiro atoms. The molecule has 1 aliphatic carbocycles. The van der Waals surface area contributed by atoms with E-state index in [9.17, 15) is 28.8 Å². The predicted molar refractivity (Wildman–Crippen MR) is 550 cm³/mol. The molecule has 0 saturated heterocycles. The van der Waals surface area contributed by atoms with Crippen LogP contribution in [0.5, 0.6) is 0 Å². The van der Waals surface area contributed by atoms with E-state index in [1.807, 2.05) is 218 Å². The third kappa shape index (κ3) is 46.3. The summed E-state index contributed by atoms with van der Waals surface area (Å²) in [7, 11) is 0. The van der Waals surface area contributed by atoms with Crippen molar-refractivity contribution in [2.45, 2.75) is 129 Å². The summed E-state index contributed by atoms with van der Waals surface area (Å²) in [6.45, 7) is 22.0. The maximum absolute atomic E-state index is 10.0. The average Bonchev–Trinajstić information content (AvgIpc) is 1.25. The Kier molecular flexibility index (Phi) is 62.0. The number of carbonyl (C=O) groups excluding carboxylic acids is 6. The van der Waals surface area contributed by atoms with Gasteiger partial charge >= 0.3 is 0 Å². The van der Waals surface area contributed by atoms with Gasteiger partial charge in [0.15, 0.2) is 34.7 Å². The molecule has 0 bridgehead atoms. The molecule has 7 aromatic heterocycles. The van der Waals surface area contributed by atoms with Gasteiger partial charge in [0, 0.05) is 182 Å². The Bertz CT molecular complexity index is 6620. The zero-order chi connectivity index (χ0) is 98.9. The van der Waals surface area contributed by atoms with Gasteiger partial charge in [0.05, 0.1) is 45.6 Å². The van der Waals surface area contributed by atoms with Crippen LogP contribution >= 0.6 is 11.3 Å². The van der Waals surface area contributed by atoms with Gasteiger partial charge in [0.25, 0.3) is 0 Å². The van der Waals surface area contributed by atoms with Crippen molar-refractivity contribution in [2.24, 2.45) is 5.41 Å². The topological polar surface area (TPSA) is 314 Å². The van der Waals surface area contributed by atoms with Crippen molar-refractivity contribution in [2.75, 3.05) is 0 Å². The molecule has 1 saturated carbocycles. The smallest absolute Gasteiger partial charge is 0.155 e. The standard InChI is InChI=1S/C21H22N.2C15H10N.C13H8NO.C13H8N.C9H6NS.6C5H8O2.6Ir/c1-15(21(2)12-5-6-13-21)17-11-14-22-20-18-8-4-3-7-16(18)9-10-19(17)20;1-2-7-13(8-3-1)15-14-9-5-4-6-12(14)10-11-16-15;1-2-6-12(7-3-1)15-11-10-13-8-4-5-9-14(13)16-15;1-2-6-10(7-3-1)13-14-11-8-4-5-9-12(11)15-13;1-2-6-12-10(4-1)7-8-11-5-3-9-14-13(11)12;1-2-6-10-8(4-1)9-5-3-7-11-9;6*1-4(6)3-5(2)7;;;;;;/h3-4,7,9-11,14-15H,5-6,12-13H2,1-2H3;1-7,9-11H;1-6,8-11H;1-6,8-9H;1-5,7-9H;1-4,6-7H;6*3,6H,1-2H3;;;;;;/q6*-1;;;;;;;;;;;;. The summed E-state index contributed by atoms with van der Waals surface area (Å²) in [4.78, 5) is 87.9. The van der Waals surface area contributed by atoms with E-state index in [0.717, 1.165) is 77.1 Å². The van der Waals surface area contributed by atoms with Crippen LogP contribution in [0.25, 0.3) is 121 Å². The molecule has 18 rings (SSSR count). The number of hydrogen-bond acceptors (Lipinski definition) is 20. The average molecular weight is 2980 g/mol. The van der Waals surface area contributed by atoms with Gasteiger partial charge in [-0.2, -0.15) is 12.1 Å². The number of hydrogen-bond donors (Lipinski definition) is 6. The fraction of sp³-hybridized carbons (Fsp3) is 0.172. The second-order valence-corrected chi connectivity index (χ2v) is 32.3. The monoisotopic (exact) mass is 2990 g/mol. The predicted octanol–water partition coefficient (Wildman–Crippen LogP) is 28.6. The first-order valence-electron chi connectivity index (χ1n) is 43.6. The summed E-state index contributed by atoms with van der Waals surface area (Å²) in [5, 5.41) is 62.9. The van der Waals surface area contributed by atoms with Crippen molar-refractivity contribution in [1.82, 2.24) is 29.9 Å². The fourth-order valence-electron chi connectivity index (χ4n) is 13.7.